The molecule has 2 aliphatic heterocycles. The van der Waals surface area contributed by atoms with Crippen LogP contribution in [0.2, 0.25) is 0 Å². The maximum absolute atomic E-state index is 13.2. The average Bonchev–Trinajstić information content (AvgIpc) is 3.21. The van der Waals surface area contributed by atoms with Crippen LogP contribution in [-0.2, 0) is 20.7 Å². The number of nitrogens with zero attached hydrogens (tertiary/aromatic N) is 2. The standard InChI is InChI=1S/C29H36N2O5/c1-3-4-19-36-29(34)23-9-11-24(12-10-23)31-27(32)20-26(28(31)33)30-17-15-22(16-18-30)6-5-21-7-13-25(35-2)14-8-21/h7-14,22,26H,3-6,15-20H2,1-2H3. The van der Waals surface area contributed by atoms with Crippen LogP contribution >= 0.6 is 0 Å². The topological polar surface area (TPSA) is 76.2 Å². The van der Waals surface area contributed by atoms with Gasteiger partial charge in [0.25, 0.3) is 5.91 Å². The molecule has 2 fully saturated rings. The fourth-order valence-electron chi connectivity index (χ4n) is 5.03. The minimum atomic E-state index is -0.404. The number of benzene rings is 2. The first-order valence-corrected chi connectivity index (χ1v) is 13.0. The molecule has 1 atom stereocenters. The van der Waals surface area contributed by atoms with Gasteiger partial charge < -0.3 is 9.47 Å². The first-order chi connectivity index (χ1) is 17.5. The Morgan fingerprint density at radius 1 is 1.00 bits per heavy atom. The van der Waals surface area contributed by atoms with Crippen LogP contribution in [0.4, 0.5) is 5.69 Å². The van der Waals surface area contributed by atoms with Gasteiger partial charge >= 0.3 is 5.97 Å². The van der Waals surface area contributed by atoms with Crippen LogP contribution in [0.15, 0.2) is 48.5 Å². The van der Waals surface area contributed by atoms with Gasteiger partial charge in [-0.1, -0.05) is 25.5 Å². The van der Waals surface area contributed by atoms with Crippen LogP contribution in [0.5, 0.6) is 5.75 Å². The summed E-state index contributed by atoms with van der Waals surface area (Å²) in [4.78, 5) is 41.6. The third kappa shape index (κ3) is 6.13. The first kappa shape index (κ1) is 25.9. The number of imide groups is 1. The summed E-state index contributed by atoms with van der Waals surface area (Å²) >= 11 is 0. The summed E-state index contributed by atoms with van der Waals surface area (Å²) in [5.41, 5.74) is 2.24. The summed E-state index contributed by atoms with van der Waals surface area (Å²) in [6.07, 6.45) is 6.19. The van der Waals surface area contributed by atoms with Crippen molar-refractivity contribution in [1.82, 2.24) is 4.90 Å². The number of hydrogen-bond acceptors (Lipinski definition) is 6. The molecular weight excluding hydrogens is 456 g/mol. The summed E-state index contributed by atoms with van der Waals surface area (Å²) in [6.45, 7) is 4.08. The predicted molar refractivity (Wildman–Crippen MR) is 138 cm³/mol. The van der Waals surface area contributed by atoms with E-state index in [-0.39, 0.29) is 24.2 Å². The van der Waals surface area contributed by atoms with E-state index in [9.17, 15) is 14.4 Å². The summed E-state index contributed by atoms with van der Waals surface area (Å²) in [5, 5.41) is 0. The average molecular weight is 493 g/mol. The van der Waals surface area contributed by atoms with Gasteiger partial charge in [-0.15, -0.1) is 0 Å². The minimum Gasteiger partial charge on any atom is -0.497 e. The molecule has 0 aromatic heterocycles. The normalized spacial score (nSPS) is 19.1. The summed E-state index contributed by atoms with van der Waals surface area (Å²) in [6, 6.07) is 14.4. The summed E-state index contributed by atoms with van der Waals surface area (Å²) in [5.74, 6) is 0.746. The van der Waals surface area contributed by atoms with Gasteiger partial charge in [-0.3, -0.25) is 14.5 Å². The summed E-state index contributed by atoms with van der Waals surface area (Å²) in [7, 11) is 1.67. The Hall–Kier alpha value is -3.19. The number of methoxy groups -OCH3 is 1. The van der Waals surface area contributed by atoms with E-state index in [1.807, 2.05) is 19.1 Å². The van der Waals surface area contributed by atoms with Gasteiger partial charge in [0.1, 0.15) is 5.75 Å². The smallest absolute Gasteiger partial charge is 0.338 e. The van der Waals surface area contributed by atoms with E-state index in [0.717, 1.165) is 57.4 Å². The maximum Gasteiger partial charge on any atom is 0.338 e. The molecule has 7 nitrogen and oxygen atoms in total. The highest BCUT2D eigenvalue weighted by molar-refractivity contribution is 6.22. The van der Waals surface area contributed by atoms with Crippen molar-refractivity contribution in [3.05, 3.63) is 59.7 Å². The van der Waals surface area contributed by atoms with Crippen LogP contribution < -0.4 is 9.64 Å². The molecule has 2 amide bonds. The molecule has 36 heavy (non-hydrogen) atoms. The lowest BCUT2D eigenvalue weighted by molar-refractivity contribution is -0.123. The highest BCUT2D eigenvalue weighted by Crippen LogP contribution is 2.30. The van der Waals surface area contributed by atoms with Gasteiger partial charge in [-0.2, -0.15) is 0 Å². The van der Waals surface area contributed by atoms with E-state index in [1.54, 1.807) is 31.4 Å². The second kappa shape index (κ2) is 12.2. The molecule has 0 saturated carbocycles. The highest BCUT2D eigenvalue weighted by Gasteiger charge is 2.43. The van der Waals surface area contributed by atoms with Crippen molar-refractivity contribution < 1.29 is 23.9 Å². The van der Waals surface area contributed by atoms with E-state index in [1.165, 1.54) is 10.5 Å². The van der Waals surface area contributed by atoms with Gasteiger partial charge in [-0.05, 0) is 93.1 Å². The van der Waals surface area contributed by atoms with Gasteiger partial charge in [0.15, 0.2) is 0 Å². The lowest BCUT2D eigenvalue weighted by Gasteiger charge is -2.34. The maximum atomic E-state index is 13.2. The van der Waals surface area contributed by atoms with Gasteiger partial charge in [0, 0.05) is 0 Å². The molecule has 2 heterocycles. The lowest BCUT2D eigenvalue weighted by atomic mass is 9.90. The quantitative estimate of drug-likeness (QED) is 0.274. The minimum absolute atomic E-state index is 0.171. The number of carbonyl (C=O) groups excluding carboxylic acids is 3. The second-order valence-corrected chi connectivity index (χ2v) is 9.69. The molecule has 2 aromatic rings. The molecule has 2 saturated heterocycles. The van der Waals surface area contributed by atoms with Crippen molar-refractivity contribution in [3.8, 4) is 5.75 Å². The first-order valence-electron chi connectivity index (χ1n) is 13.0. The molecule has 0 spiro atoms. The van der Waals surface area contributed by atoms with Crippen molar-refractivity contribution in [3.63, 3.8) is 0 Å². The Bertz CT molecular complexity index is 1040. The number of ether oxygens (including phenoxy) is 2. The zero-order valence-corrected chi connectivity index (χ0v) is 21.3. The molecule has 192 valence electrons. The molecule has 0 radical (unpaired) electrons. The van der Waals surface area contributed by atoms with E-state index >= 15 is 0 Å². The number of esters is 1. The zero-order chi connectivity index (χ0) is 25.5. The molecule has 0 bridgehead atoms. The van der Waals surface area contributed by atoms with E-state index < -0.39 is 6.04 Å². The number of aryl methyl sites for hydroxylation is 1. The molecule has 0 aliphatic carbocycles. The fraction of sp³-hybridized carbons (Fsp3) is 0.483. The van der Waals surface area contributed by atoms with E-state index in [0.29, 0.717) is 23.8 Å². The predicted octanol–water partition coefficient (Wildman–Crippen LogP) is 4.63. The van der Waals surface area contributed by atoms with E-state index in [2.05, 4.69) is 17.0 Å². The third-order valence-electron chi connectivity index (χ3n) is 7.31. The van der Waals surface area contributed by atoms with Crippen molar-refractivity contribution in [1.29, 1.82) is 0 Å². The number of likely N-dealkylation sites (tertiary alicyclic amines) is 1. The van der Waals surface area contributed by atoms with Gasteiger partial charge in [0.2, 0.25) is 5.91 Å². The molecule has 2 aliphatic rings. The Labute approximate surface area is 213 Å². The Kier molecular flexibility index (Phi) is 8.75. The third-order valence-corrected chi connectivity index (χ3v) is 7.31. The molecule has 7 heteroatoms. The number of carbonyl (C=O) groups is 3. The fourth-order valence-corrected chi connectivity index (χ4v) is 5.03. The second-order valence-electron chi connectivity index (χ2n) is 9.69. The Morgan fingerprint density at radius 3 is 2.33 bits per heavy atom. The molecular formula is C29H36N2O5. The van der Waals surface area contributed by atoms with Crippen molar-refractivity contribution in [2.24, 2.45) is 5.92 Å². The lowest BCUT2D eigenvalue weighted by Crippen LogP contribution is -2.46. The Morgan fingerprint density at radius 2 is 1.69 bits per heavy atom. The van der Waals surface area contributed by atoms with Crippen LogP contribution in [-0.4, -0.2) is 55.5 Å². The Balaban J connectivity index is 1.28. The van der Waals surface area contributed by atoms with E-state index in [4.69, 9.17) is 9.47 Å². The van der Waals surface area contributed by atoms with Crippen LogP contribution in [0.25, 0.3) is 0 Å². The number of piperidine rings is 1. The largest absolute Gasteiger partial charge is 0.497 e. The SMILES string of the molecule is CCCCOC(=O)c1ccc(N2C(=O)CC(N3CCC(CCc4ccc(OC)cc4)CC3)C2=O)cc1. The van der Waals surface area contributed by atoms with Crippen LogP contribution in [0.3, 0.4) is 0 Å². The number of rotatable bonds is 10. The zero-order valence-electron chi connectivity index (χ0n) is 21.3. The highest BCUT2D eigenvalue weighted by atomic mass is 16.5. The van der Waals surface area contributed by atoms with Crippen LogP contribution in [0, 0.1) is 5.92 Å². The number of hydrogen-bond donors (Lipinski definition) is 0. The summed E-state index contributed by atoms with van der Waals surface area (Å²) < 4.78 is 10.5. The molecule has 2 aromatic carbocycles. The van der Waals surface area contributed by atoms with Crippen LogP contribution in [0.1, 0.15) is 61.4 Å². The molecule has 1 unspecified atom stereocenters. The van der Waals surface area contributed by atoms with Crippen molar-refractivity contribution >= 4 is 23.5 Å². The number of anilines is 1. The number of unbranched alkanes of at least 4 members (excludes halogenated alkanes) is 1. The molecule has 0 N–H and O–H groups in total. The molecule has 4 rings (SSSR count). The van der Waals surface area contributed by atoms with Crippen molar-refractivity contribution in [2.75, 3.05) is 31.7 Å². The van der Waals surface area contributed by atoms with Gasteiger partial charge in [-0.25, -0.2) is 9.69 Å². The monoisotopic (exact) mass is 492 g/mol. The number of amides is 2. The van der Waals surface area contributed by atoms with Gasteiger partial charge in [0.05, 0.1) is 37.4 Å². The van der Waals surface area contributed by atoms with Crippen molar-refractivity contribution in [2.45, 2.75) is 57.9 Å².